The van der Waals surface area contributed by atoms with Crippen molar-refractivity contribution in [2.75, 3.05) is 33.5 Å². The molecule has 0 unspecified atom stereocenters. The van der Waals surface area contributed by atoms with Gasteiger partial charge in [-0.1, -0.05) is 25.3 Å². The lowest BCUT2D eigenvalue weighted by Gasteiger charge is -2.21. The number of rotatable bonds is 7. The second-order valence-electron chi connectivity index (χ2n) is 7.85. The largest absolute Gasteiger partial charge is 0.497 e. The Morgan fingerprint density at radius 1 is 0.967 bits per heavy atom. The number of carbonyl (C=O) groups is 1. The first-order chi connectivity index (χ1) is 14.7. The molecule has 1 saturated carbocycles. The van der Waals surface area contributed by atoms with Crippen molar-refractivity contribution >= 4 is 5.91 Å². The zero-order chi connectivity index (χ0) is 20.8. The molecule has 4 rings (SSSR count). The number of hydrogen-bond acceptors (Lipinski definition) is 5. The van der Waals surface area contributed by atoms with E-state index in [2.05, 4.69) is 5.32 Å². The zero-order valence-electron chi connectivity index (χ0n) is 17.4. The van der Waals surface area contributed by atoms with Gasteiger partial charge in [0.15, 0.2) is 18.1 Å². The topological polar surface area (TPSA) is 66.0 Å². The molecule has 6 heteroatoms. The summed E-state index contributed by atoms with van der Waals surface area (Å²) in [5.74, 6) is 3.24. The maximum absolute atomic E-state index is 12.2. The van der Waals surface area contributed by atoms with Crippen molar-refractivity contribution in [2.24, 2.45) is 5.92 Å². The molecular formula is C24H29NO5. The van der Waals surface area contributed by atoms with Crippen LogP contribution in [0.5, 0.6) is 23.0 Å². The monoisotopic (exact) mass is 411 g/mol. The Morgan fingerprint density at radius 2 is 1.73 bits per heavy atom. The van der Waals surface area contributed by atoms with Gasteiger partial charge in [-0.05, 0) is 54.2 Å². The summed E-state index contributed by atoms with van der Waals surface area (Å²) in [6.07, 6.45) is 6.26. The molecule has 0 atom stereocenters. The highest BCUT2D eigenvalue weighted by molar-refractivity contribution is 5.77. The van der Waals surface area contributed by atoms with Crippen LogP contribution in [0.3, 0.4) is 0 Å². The summed E-state index contributed by atoms with van der Waals surface area (Å²) in [6.45, 7) is 1.83. The van der Waals surface area contributed by atoms with Gasteiger partial charge < -0.3 is 24.3 Å². The summed E-state index contributed by atoms with van der Waals surface area (Å²) in [5, 5.41) is 3.01. The predicted octanol–water partition coefficient (Wildman–Crippen LogP) is 4.21. The van der Waals surface area contributed by atoms with Crippen LogP contribution in [0.25, 0.3) is 11.1 Å². The van der Waals surface area contributed by atoms with Gasteiger partial charge in [-0.3, -0.25) is 4.79 Å². The van der Waals surface area contributed by atoms with Crippen molar-refractivity contribution in [1.82, 2.24) is 5.32 Å². The summed E-state index contributed by atoms with van der Waals surface area (Å²) in [4.78, 5) is 12.2. The molecule has 2 aromatic carbocycles. The van der Waals surface area contributed by atoms with E-state index in [4.69, 9.17) is 18.9 Å². The van der Waals surface area contributed by atoms with Gasteiger partial charge in [-0.2, -0.15) is 0 Å². The van der Waals surface area contributed by atoms with Gasteiger partial charge in [0, 0.05) is 12.6 Å². The normalized spacial score (nSPS) is 16.0. The molecule has 6 nitrogen and oxygen atoms in total. The average molecular weight is 411 g/mol. The first kappa shape index (κ1) is 20.4. The van der Waals surface area contributed by atoms with E-state index >= 15 is 0 Å². The standard InChI is InChI=1S/C24H29NO5/c1-27-20-11-19(18-7-8-22-23(13-18)29-10-9-28-22)12-21(14-20)30-16-24(26)25-15-17-5-3-2-4-6-17/h7-8,11-14,17H,2-6,9-10,15-16H2,1H3,(H,25,26). The highest BCUT2D eigenvalue weighted by atomic mass is 16.6. The molecule has 160 valence electrons. The van der Waals surface area contributed by atoms with Crippen LogP contribution < -0.4 is 24.3 Å². The van der Waals surface area contributed by atoms with Crippen LogP contribution in [0.2, 0.25) is 0 Å². The lowest BCUT2D eigenvalue weighted by Crippen LogP contribution is -2.33. The van der Waals surface area contributed by atoms with Crippen LogP contribution in [0.15, 0.2) is 36.4 Å². The van der Waals surface area contributed by atoms with Crippen molar-refractivity contribution in [3.05, 3.63) is 36.4 Å². The number of carbonyl (C=O) groups excluding carboxylic acids is 1. The minimum Gasteiger partial charge on any atom is -0.497 e. The number of nitrogens with one attached hydrogen (secondary N) is 1. The third-order valence-corrected chi connectivity index (χ3v) is 5.67. The second kappa shape index (κ2) is 9.74. The Hall–Kier alpha value is -2.89. The van der Waals surface area contributed by atoms with E-state index in [0.29, 0.717) is 30.6 Å². The molecule has 30 heavy (non-hydrogen) atoms. The molecule has 0 saturated heterocycles. The van der Waals surface area contributed by atoms with Gasteiger partial charge >= 0.3 is 0 Å². The van der Waals surface area contributed by atoms with Crippen LogP contribution in [0.4, 0.5) is 0 Å². The minimum absolute atomic E-state index is 0.0134. The van der Waals surface area contributed by atoms with Crippen molar-refractivity contribution in [3.8, 4) is 34.1 Å². The van der Waals surface area contributed by atoms with Crippen LogP contribution in [0.1, 0.15) is 32.1 Å². The highest BCUT2D eigenvalue weighted by Crippen LogP contribution is 2.37. The molecular weight excluding hydrogens is 382 g/mol. The van der Waals surface area contributed by atoms with E-state index in [9.17, 15) is 4.79 Å². The smallest absolute Gasteiger partial charge is 0.257 e. The van der Waals surface area contributed by atoms with Gasteiger partial charge in [0.1, 0.15) is 24.7 Å². The Balaban J connectivity index is 1.40. The molecule has 1 N–H and O–H groups in total. The first-order valence-corrected chi connectivity index (χ1v) is 10.7. The van der Waals surface area contributed by atoms with E-state index in [-0.39, 0.29) is 12.5 Å². The quantitative estimate of drug-likeness (QED) is 0.739. The van der Waals surface area contributed by atoms with Crippen LogP contribution in [-0.4, -0.2) is 39.4 Å². The van der Waals surface area contributed by atoms with Crippen molar-refractivity contribution in [1.29, 1.82) is 0 Å². The number of fused-ring (bicyclic) bond motifs is 1. The molecule has 1 aliphatic carbocycles. The zero-order valence-corrected chi connectivity index (χ0v) is 17.4. The summed E-state index contributed by atoms with van der Waals surface area (Å²) >= 11 is 0. The Kier molecular flexibility index (Phi) is 6.62. The van der Waals surface area contributed by atoms with E-state index in [1.165, 1.54) is 32.1 Å². The molecule has 1 heterocycles. The lowest BCUT2D eigenvalue weighted by atomic mass is 9.89. The maximum Gasteiger partial charge on any atom is 0.257 e. The van der Waals surface area contributed by atoms with Crippen molar-refractivity contribution in [2.45, 2.75) is 32.1 Å². The second-order valence-corrected chi connectivity index (χ2v) is 7.85. The van der Waals surface area contributed by atoms with Gasteiger partial charge in [0.2, 0.25) is 0 Å². The Morgan fingerprint density at radius 3 is 2.53 bits per heavy atom. The number of hydrogen-bond donors (Lipinski definition) is 1. The van der Waals surface area contributed by atoms with Gasteiger partial charge in [0.05, 0.1) is 7.11 Å². The maximum atomic E-state index is 12.2. The van der Waals surface area contributed by atoms with Crippen LogP contribution >= 0.6 is 0 Å². The van der Waals surface area contributed by atoms with Crippen LogP contribution in [0, 0.1) is 5.92 Å². The number of amides is 1. The fourth-order valence-corrected chi connectivity index (χ4v) is 4.01. The Bertz CT molecular complexity index is 876. The first-order valence-electron chi connectivity index (χ1n) is 10.7. The fraction of sp³-hybridized carbons (Fsp3) is 0.458. The molecule has 2 aliphatic rings. The summed E-state index contributed by atoms with van der Waals surface area (Å²) in [5.41, 5.74) is 1.88. The van der Waals surface area contributed by atoms with Gasteiger partial charge in [-0.25, -0.2) is 0 Å². The van der Waals surface area contributed by atoms with Crippen LogP contribution in [-0.2, 0) is 4.79 Å². The predicted molar refractivity (Wildman–Crippen MR) is 114 cm³/mol. The van der Waals surface area contributed by atoms with E-state index in [1.807, 2.05) is 30.3 Å². The number of benzene rings is 2. The Labute approximate surface area is 177 Å². The summed E-state index contributed by atoms with van der Waals surface area (Å²) in [6, 6.07) is 11.5. The molecule has 1 fully saturated rings. The summed E-state index contributed by atoms with van der Waals surface area (Å²) < 4.78 is 22.5. The highest BCUT2D eigenvalue weighted by Gasteiger charge is 2.16. The van der Waals surface area contributed by atoms with Crippen molar-refractivity contribution < 1.29 is 23.7 Å². The number of methoxy groups -OCH3 is 1. The molecule has 2 aromatic rings. The molecule has 1 amide bonds. The minimum atomic E-state index is -0.0933. The number of ether oxygens (including phenoxy) is 4. The third-order valence-electron chi connectivity index (χ3n) is 5.67. The lowest BCUT2D eigenvalue weighted by molar-refractivity contribution is -0.123. The molecule has 0 bridgehead atoms. The molecule has 0 radical (unpaired) electrons. The molecule has 0 aromatic heterocycles. The van der Waals surface area contributed by atoms with E-state index in [1.54, 1.807) is 13.2 Å². The fourth-order valence-electron chi connectivity index (χ4n) is 4.01. The van der Waals surface area contributed by atoms with Gasteiger partial charge in [-0.15, -0.1) is 0 Å². The molecule has 0 spiro atoms. The average Bonchev–Trinajstić information content (AvgIpc) is 2.81. The van der Waals surface area contributed by atoms with E-state index < -0.39 is 0 Å². The third kappa shape index (κ3) is 5.17. The molecule has 1 aliphatic heterocycles. The van der Waals surface area contributed by atoms with E-state index in [0.717, 1.165) is 29.2 Å². The SMILES string of the molecule is COc1cc(OCC(=O)NCC2CCCCC2)cc(-c2ccc3c(c2)OCCO3)c1. The van der Waals surface area contributed by atoms with Gasteiger partial charge in [0.25, 0.3) is 5.91 Å². The van der Waals surface area contributed by atoms with Crippen molar-refractivity contribution in [3.63, 3.8) is 0 Å². The summed E-state index contributed by atoms with van der Waals surface area (Å²) in [7, 11) is 1.61.